The Kier molecular flexibility index (Phi) is 5.97. The maximum atomic E-state index is 3.84. The Morgan fingerprint density at radius 2 is 1.89 bits per heavy atom. The summed E-state index contributed by atoms with van der Waals surface area (Å²) in [7, 11) is 0. The van der Waals surface area contributed by atoms with E-state index in [0.29, 0.717) is 0 Å². The van der Waals surface area contributed by atoms with Crippen LogP contribution in [-0.2, 0) is 0 Å². The number of unbranched alkanes of at least 4 members (excludes halogenated alkanes) is 1. The fourth-order valence-electron chi connectivity index (χ4n) is 3.29. The zero-order valence-electron chi connectivity index (χ0n) is 12.5. The van der Waals surface area contributed by atoms with Crippen LogP contribution in [0.4, 0.5) is 0 Å². The van der Waals surface area contributed by atoms with E-state index in [1.54, 1.807) is 0 Å². The molecule has 0 bridgehead atoms. The number of hydrogen-bond acceptors (Lipinski definition) is 2. The van der Waals surface area contributed by atoms with Gasteiger partial charge in [-0.25, -0.2) is 0 Å². The molecule has 2 fully saturated rings. The second kappa shape index (κ2) is 7.49. The molecule has 0 aromatic rings. The van der Waals surface area contributed by atoms with Crippen LogP contribution in [0.5, 0.6) is 0 Å². The molecule has 2 nitrogen and oxygen atoms in total. The molecule has 0 aromatic carbocycles. The quantitative estimate of drug-likeness (QED) is 0.713. The maximum absolute atomic E-state index is 3.84. The van der Waals surface area contributed by atoms with Crippen molar-refractivity contribution in [3.63, 3.8) is 0 Å². The molecule has 1 N–H and O–H groups in total. The molecule has 2 heteroatoms. The molecule has 0 spiro atoms. The molecule has 1 saturated carbocycles. The summed E-state index contributed by atoms with van der Waals surface area (Å²) in [4.78, 5) is 2.72. The van der Waals surface area contributed by atoms with E-state index < -0.39 is 0 Å². The van der Waals surface area contributed by atoms with Gasteiger partial charge in [0.25, 0.3) is 0 Å². The lowest BCUT2D eigenvalue weighted by molar-refractivity contribution is 0.133. The molecule has 106 valence electrons. The average Bonchev–Trinajstić information content (AvgIpc) is 3.18. The van der Waals surface area contributed by atoms with Gasteiger partial charge in [-0.15, -0.1) is 0 Å². The van der Waals surface area contributed by atoms with Gasteiger partial charge < -0.3 is 10.2 Å². The molecular weight excluding hydrogens is 220 g/mol. The van der Waals surface area contributed by atoms with Crippen molar-refractivity contribution in [2.75, 3.05) is 26.2 Å². The molecule has 2 rings (SSSR count). The highest BCUT2D eigenvalue weighted by molar-refractivity contribution is 4.85. The normalized spacial score (nSPS) is 29.7. The van der Waals surface area contributed by atoms with Crippen LogP contribution in [0, 0.1) is 11.8 Å². The first-order valence-electron chi connectivity index (χ1n) is 8.27. The molecule has 2 atom stereocenters. The standard InChI is InChI=1S/C16H32N2/c1-3-5-9-18-12-15(6-4-2)10-16(13-18)17-11-14-7-8-14/h14-17H,3-13H2,1-2H3. The summed E-state index contributed by atoms with van der Waals surface area (Å²) in [5.41, 5.74) is 0. The molecule has 1 aliphatic heterocycles. The minimum Gasteiger partial charge on any atom is -0.312 e. The molecular formula is C16H32N2. The Labute approximate surface area is 114 Å². The molecule has 2 aliphatic rings. The highest BCUT2D eigenvalue weighted by Crippen LogP contribution is 2.28. The summed E-state index contributed by atoms with van der Waals surface area (Å²) < 4.78 is 0. The lowest BCUT2D eigenvalue weighted by atomic mass is 9.90. The highest BCUT2D eigenvalue weighted by atomic mass is 15.2. The van der Waals surface area contributed by atoms with Gasteiger partial charge in [0, 0.05) is 19.1 Å². The van der Waals surface area contributed by atoms with Gasteiger partial charge in [0.2, 0.25) is 0 Å². The van der Waals surface area contributed by atoms with Crippen LogP contribution in [0.1, 0.15) is 58.8 Å². The molecule has 0 aromatic heterocycles. The van der Waals surface area contributed by atoms with Gasteiger partial charge in [-0.2, -0.15) is 0 Å². The molecule has 1 saturated heterocycles. The van der Waals surface area contributed by atoms with Crippen LogP contribution in [-0.4, -0.2) is 37.1 Å². The van der Waals surface area contributed by atoms with E-state index in [2.05, 4.69) is 24.1 Å². The van der Waals surface area contributed by atoms with Crippen molar-refractivity contribution in [2.24, 2.45) is 11.8 Å². The van der Waals surface area contributed by atoms with Gasteiger partial charge in [0.05, 0.1) is 0 Å². The predicted octanol–water partition coefficient (Wildman–Crippen LogP) is 3.28. The maximum Gasteiger partial charge on any atom is 0.0198 e. The Morgan fingerprint density at radius 3 is 2.56 bits per heavy atom. The third-order valence-corrected chi connectivity index (χ3v) is 4.53. The molecule has 0 radical (unpaired) electrons. The van der Waals surface area contributed by atoms with Gasteiger partial charge >= 0.3 is 0 Å². The van der Waals surface area contributed by atoms with E-state index in [1.807, 2.05) is 0 Å². The minimum absolute atomic E-state index is 0.771. The third-order valence-electron chi connectivity index (χ3n) is 4.53. The summed E-state index contributed by atoms with van der Waals surface area (Å²) in [6.07, 6.45) is 9.83. The second-order valence-corrected chi connectivity index (χ2v) is 6.55. The number of piperidine rings is 1. The molecule has 1 aliphatic carbocycles. The van der Waals surface area contributed by atoms with Gasteiger partial charge in [-0.05, 0) is 57.0 Å². The van der Waals surface area contributed by atoms with E-state index in [1.165, 1.54) is 71.1 Å². The van der Waals surface area contributed by atoms with Crippen LogP contribution in [0.2, 0.25) is 0 Å². The number of rotatable bonds is 8. The summed E-state index contributed by atoms with van der Waals surface area (Å²) in [6, 6.07) is 0.771. The molecule has 2 unspecified atom stereocenters. The van der Waals surface area contributed by atoms with Crippen molar-refractivity contribution in [1.29, 1.82) is 0 Å². The highest BCUT2D eigenvalue weighted by Gasteiger charge is 2.28. The fourth-order valence-corrected chi connectivity index (χ4v) is 3.29. The Morgan fingerprint density at radius 1 is 1.06 bits per heavy atom. The van der Waals surface area contributed by atoms with Gasteiger partial charge in [0.1, 0.15) is 0 Å². The summed E-state index contributed by atoms with van der Waals surface area (Å²) in [6.45, 7) is 9.89. The summed E-state index contributed by atoms with van der Waals surface area (Å²) >= 11 is 0. The van der Waals surface area contributed by atoms with Crippen LogP contribution in [0.15, 0.2) is 0 Å². The number of nitrogens with one attached hydrogen (secondary N) is 1. The SMILES string of the molecule is CCCCN1CC(CCC)CC(NCC2CC2)C1. The monoisotopic (exact) mass is 252 g/mol. The van der Waals surface area contributed by atoms with E-state index in [0.717, 1.165) is 17.9 Å². The van der Waals surface area contributed by atoms with E-state index in [9.17, 15) is 0 Å². The van der Waals surface area contributed by atoms with Crippen LogP contribution >= 0.6 is 0 Å². The van der Waals surface area contributed by atoms with Crippen molar-refractivity contribution >= 4 is 0 Å². The number of nitrogens with zero attached hydrogens (tertiary/aromatic N) is 1. The third kappa shape index (κ3) is 4.89. The topological polar surface area (TPSA) is 15.3 Å². The lowest BCUT2D eigenvalue weighted by Gasteiger charge is -2.38. The first kappa shape index (κ1) is 14.3. The van der Waals surface area contributed by atoms with E-state index in [-0.39, 0.29) is 0 Å². The smallest absolute Gasteiger partial charge is 0.0198 e. The Balaban J connectivity index is 1.75. The van der Waals surface area contributed by atoms with Gasteiger partial charge in [-0.1, -0.05) is 26.7 Å². The van der Waals surface area contributed by atoms with Crippen LogP contribution < -0.4 is 5.32 Å². The van der Waals surface area contributed by atoms with Crippen molar-refractivity contribution in [3.05, 3.63) is 0 Å². The average molecular weight is 252 g/mol. The number of likely N-dealkylation sites (tertiary alicyclic amines) is 1. The largest absolute Gasteiger partial charge is 0.312 e. The van der Waals surface area contributed by atoms with Gasteiger partial charge in [-0.3, -0.25) is 0 Å². The van der Waals surface area contributed by atoms with Crippen molar-refractivity contribution < 1.29 is 0 Å². The Hall–Kier alpha value is -0.0800. The number of hydrogen-bond donors (Lipinski definition) is 1. The van der Waals surface area contributed by atoms with E-state index in [4.69, 9.17) is 0 Å². The summed E-state index contributed by atoms with van der Waals surface area (Å²) in [5.74, 6) is 1.96. The molecule has 18 heavy (non-hydrogen) atoms. The van der Waals surface area contributed by atoms with Crippen LogP contribution in [0.3, 0.4) is 0 Å². The zero-order chi connectivity index (χ0) is 12.8. The Bertz CT molecular complexity index is 225. The van der Waals surface area contributed by atoms with Crippen molar-refractivity contribution in [2.45, 2.75) is 64.8 Å². The fraction of sp³-hybridized carbons (Fsp3) is 1.00. The first-order valence-corrected chi connectivity index (χ1v) is 8.27. The zero-order valence-corrected chi connectivity index (χ0v) is 12.5. The minimum atomic E-state index is 0.771. The first-order chi connectivity index (χ1) is 8.81. The van der Waals surface area contributed by atoms with Crippen molar-refractivity contribution in [1.82, 2.24) is 10.2 Å². The molecule has 0 amide bonds. The predicted molar refractivity (Wildman–Crippen MR) is 78.9 cm³/mol. The second-order valence-electron chi connectivity index (χ2n) is 6.55. The lowest BCUT2D eigenvalue weighted by Crippen LogP contribution is -2.49. The van der Waals surface area contributed by atoms with E-state index >= 15 is 0 Å². The summed E-state index contributed by atoms with van der Waals surface area (Å²) in [5, 5.41) is 3.84. The molecule has 1 heterocycles. The van der Waals surface area contributed by atoms with Crippen molar-refractivity contribution in [3.8, 4) is 0 Å². The van der Waals surface area contributed by atoms with Gasteiger partial charge in [0.15, 0.2) is 0 Å². The van der Waals surface area contributed by atoms with Crippen LogP contribution in [0.25, 0.3) is 0 Å².